The number of benzene rings is 1. The number of carbonyl (C=O) groups excluding carboxylic acids is 2. The Kier molecular flexibility index (Phi) is 6.96. The summed E-state index contributed by atoms with van der Waals surface area (Å²) in [4.78, 5) is 34.0. The van der Waals surface area contributed by atoms with Gasteiger partial charge in [0.15, 0.2) is 0 Å². The summed E-state index contributed by atoms with van der Waals surface area (Å²) in [5.74, 6) is 1.65. The smallest absolute Gasteiger partial charge is 0.257 e. The lowest BCUT2D eigenvalue weighted by molar-refractivity contribution is -0.134. The van der Waals surface area contributed by atoms with E-state index in [1.807, 2.05) is 29.7 Å². The fourth-order valence-electron chi connectivity index (χ4n) is 4.60. The molecule has 2 aliphatic rings. The zero-order valence-electron chi connectivity index (χ0n) is 19.5. The molecule has 1 aromatic heterocycles. The third kappa shape index (κ3) is 5.22. The number of amides is 2. The quantitative estimate of drug-likeness (QED) is 0.717. The van der Waals surface area contributed by atoms with Gasteiger partial charge in [0.05, 0.1) is 12.1 Å². The molecule has 0 unspecified atom stereocenters. The van der Waals surface area contributed by atoms with Gasteiger partial charge in [0.1, 0.15) is 11.5 Å². The van der Waals surface area contributed by atoms with E-state index in [0.717, 1.165) is 51.6 Å². The number of piperazine rings is 2. The van der Waals surface area contributed by atoms with Gasteiger partial charge in [-0.25, -0.2) is 0 Å². The summed E-state index contributed by atoms with van der Waals surface area (Å²) >= 11 is 0. The number of rotatable bonds is 5. The number of nitrogens with zero attached hydrogens (tertiary/aromatic N) is 4. The molecule has 2 fully saturated rings. The average molecular weight is 439 g/mol. The van der Waals surface area contributed by atoms with Crippen molar-refractivity contribution in [1.29, 1.82) is 0 Å². The van der Waals surface area contributed by atoms with Gasteiger partial charge in [0.2, 0.25) is 5.91 Å². The third-order valence-corrected chi connectivity index (χ3v) is 6.67. The largest absolute Gasteiger partial charge is 0.466 e. The fourth-order valence-corrected chi connectivity index (χ4v) is 4.60. The van der Waals surface area contributed by atoms with Crippen LogP contribution < -0.4 is 0 Å². The molecule has 7 nitrogen and oxygen atoms in total. The van der Waals surface area contributed by atoms with Crippen LogP contribution >= 0.6 is 0 Å². The van der Waals surface area contributed by atoms with E-state index in [4.69, 9.17) is 4.42 Å². The Morgan fingerprint density at radius 1 is 0.844 bits per heavy atom. The van der Waals surface area contributed by atoms with Crippen LogP contribution in [-0.2, 0) is 11.3 Å². The van der Waals surface area contributed by atoms with Gasteiger partial charge in [-0.15, -0.1) is 0 Å². The van der Waals surface area contributed by atoms with Crippen molar-refractivity contribution in [3.63, 3.8) is 0 Å². The summed E-state index contributed by atoms with van der Waals surface area (Å²) in [6.07, 6.45) is 0. The minimum absolute atomic E-state index is 0.0232. The van der Waals surface area contributed by atoms with Crippen molar-refractivity contribution in [3.05, 3.63) is 58.5 Å². The van der Waals surface area contributed by atoms with Crippen molar-refractivity contribution in [2.24, 2.45) is 0 Å². The van der Waals surface area contributed by atoms with E-state index in [9.17, 15) is 9.59 Å². The molecule has 0 radical (unpaired) electrons. The van der Waals surface area contributed by atoms with E-state index in [0.29, 0.717) is 31.0 Å². The zero-order chi connectivity index (χ0) is 22.7. The third-order valence-electron chi connectivity index (χ3n) is 6.67. The van der Waals surface area contributed by atoms with Crippen LogP contribution in [0, 0.1) is 20.8 Å². The lowest BCUT2D eigenvalue weighted by Gasteiger charge is -2.38. The highest BCUT2D eigenvalue weighted by Gasteiger charge is 2.27. The Hall–Kier alpha value is -2.64. The summed E-state index contributed by atoms with van der Waals surface area (Å²) in [5.41, 5.74) is 3.33. The van der Waals surface area contributed by atoms with Gasteiger partial charge in [0, 0.05) is 58.9 Å². The maximum Gasteiger partial charge on any atom is 0.257 e. The van der Waals surface area contributed by atoms with Gasteiger partial charge < -0.3 is 14.2 Å². The van der Waals surface area contributed by atoms with E-state index in [-0.39, 0.29) is 11.8 Å². The lowest BCUT2D eigenvalue weighted by atomic mass is 10.1. The maximum atomic E-state index is 12.8. The van der Waals surface area contributed by atoms with Crippen LogP contribution in [-0.4, -0.2) is 90.3 Å². The average Bonchev–Trinajstić information content (AvgIpc) is 3.13. The molecule has 1 aromatic carbocycles. The standard InChI is InChI=1S/C25H34N4O3/c1-19-6-4-5-7-22(19)17-26-8-12-28(13-9-26)24(30)18-27-10-14-29(15-11-27)25(31)23-16-20(2)32-21(23)3/h4-7,16H,8-15,17-18H2,1-3H3. The Balaban J connectivity index is 1.20. The van der Waals surface area contributed by atoms with Crippen LogP contribution in [0.2, 0.25) is 0 Å². The first-order valence-corrected chi connectivity index (χ1v) is 11.5. The molecule has 0 spiro atoms. The van der Waals surface area contributed by atoms with Gasteiger partial charge >= 0.3 is 0 Å². The van der Waals surface area contributed by atoms with Gasteiger partial charge in [-0.3, -0.25) is 19.4 Å². The predicted molar refractivity (Wildman–Crippen MR) is 124 cm³/mol. The fraction of sp³-hybridized carbons (Fsp3) is 0.520. The molecule has 2 aliphatic heterocycles. The molecule has 2 amide bonds. The molecule has 0 atom stereocenters. The van der Waals surface area contributed by atoms with Crippen molar-refractivity contribution < 1.29 is 14.0 Å². The topological polar surface area (TPSA) is 60.2 Å². The van der Waals surface area contributed by atoms with Crippen molar-refractivity contribution in [1.82, 2.24) is 19.6 Å². The lowest BCUT2D eigenvalue weighted by Crippen LogP contribution is -2.54. The van der Waals surface area contributed by atoms with E-state index >= 15 is 0 Å². The second-order valence-electron chi connectivity index (χ2n) is 8.98. The Morgan fingerprint density at radius 2 is 1.47 bits per heavy atom. The Bertz CT molecular complexity index is 954. The number of furan rings is 1. The number of aryl methyl sites for hydroxylation is 3. The van der Waals surface area contributed by atoms with Crippen LogP contribution in [0.5, 0.6) is 0 Å². The van der Waals surface area contributed by atoms with Crippen LogP contribution in [0.1, 0.15) is 33.0 Å². The molecule has 32 heavy (non-hydrogen) atoms. The minimum atomic E-state index is 0.0232. The molecule has 7 heteroatoms. The Labute approximate surface area is 190 Å². The molecule has 2 saturated heterocycles. The number of hydrogen-bond donors (Lipinski definition) is 0. The van der Waals surface area contributed by atoms with Crippen molar-refractivity contribution in [2.75, 3.05) is 58.9 Å². The minimum Gasteiger partial charge on any atom is -0.466 e. The van der Waals surface area contributed by atoms with E-state index in [1.54, 1.807) is 0 Å². The van der Waals surface area contributed by atoms with E-state index in [2.05, 4.69) is 41.0 Å². The van der Waals surface area contributed by atoms with Crippen molar-refractivity contribution in [2.45, 2.75) is 27.3 Å². The van der Waals surface area contributed by atoms with Crippen LogP contribution in [0.3, 0.4) is 0 Å². The molecule has 172 valence electrons. The normalized spacial score (nSPS) is 18.2. The molecule has 0 aliphatic carbocycles. The monoisotopic (exact) mass is 438 g/mol. The molecule has 2 aromatic rings. The molecule has 3 heterocycles. The van der Waals surface area contributed by atoms with Crippen molar-refractivity contribution in [3.8, 4) is 0 Å². The number of hydrogen-bond acceptors (Lipinski definition) is 5. The van der Waals surface area contributed by atoms with Crippen LogP contribution in [0.25, 0.3) is 0 Å². The molecule has 4 rings (SSSR count). The van der Waals surface area contributed by atoms with E-state index in [1.165, 1.54) is 11.1 Å². The second-order valence-corrected chi connectivity index (χ2v) is 8.98. The van der Waals surface area contributed by atoms with Crippen LogP contribution in [0.4, 0.5) is 0 Å². The molecule has 0 bridgehead atoms. The summed E-state index contributed by atoms with van der Waals surface area (Å²) < 4.78 is 5.50. The second kappa shape index (κ2) is 9.88. The first-order chi connectivity index (χ1) is 15.4. The molecular weight excluding hydrogens is 404 g/mol. The highest BCUT2D eigenvalue weighted by molar-refractivity contribution is 5.95. The first-order valence-electron chi connectivity index (χ1n) is 11.5. The van der Waals surface area contributed by atoms with Gasteiger partial charge in [-0.2, -0.15) is 0 Å². The van der Waals surface area contributed by atoms with E-state index < -0.39 is 0 Å². The van der Waals surface area contributed by atoms with Crippen LogP contribution in [0.15, 0.2) is 34.7 Å². The molecule has 0 saturated carbocycles. The summed E-state index contributed by atoms with van der Waals surface area (Å²) in [5, 5.41) is 0. The van der Waals surface area contributed by atoms with Crippen molar-refractivity contribution >= 4 is 11.8 Å². The summed E-state index contributed by atoms with van der Waals surface area (Å²) in [7, 11) is 0. The summed E-state index contributed by atoms with van der Waals surface area (Å²) in [6.45, 7) is 13.3. The molecular formula is C25H34N4O3. The van der Waals surface area contributed by atoms with Gasteiger partial charge in [0.25, 0.3) is 5.91 Å². The van der Waals surface area contributed by atoms with Gasteiger partial charge in [-0.1, -0.05) is 24.3 Å². The number of carbonyl (C=O) groups is 2. The Morgan fingerprint density at radius 3 is 2.09 bits per heavy atom. The highest BCUT2D eigenvalue weighted by Crippen LogP contribution is 2.17. The predicted octanol–water partition coefficient (Wildman–Crippen LogP) is 2.31. The zero-order valence-corrected chi connectivity index (χ0v) is 19.5. The molecule has 0 N–H and O–H groups in total. The highest BCUT2D eigenvalue weighted by atomic mass is 16.3. The SMILES string of the molecule is Cc1cc(C(=O)N2CCN(CC(=O)N3CCN(Cc4ccccc4C)CC3)CC2)c(C)o1. The summed E-state index contributed by atoms with van der Waals surface area (Å²) in [6, 6.07) is 10.3. The first kappa shape index (κ1) is 22.6. The van der Waals surface area contributed by atoms with Gasteiger partial charge in [-0.05, 0) is 38.0 Å². The maximum absolute atomic E-state index is 12.8.